The summed E-state index contributed by atoms with van der Waals surface area (Å²) in [4.78, 5) is 14.9. The van der Waals surface area contributed by atoms with Gasteiger partial charge in [-0.3, -0.25) is 9.69 Å². The molecule has 1 atom stereocenters. The Balaban J connectivity index is 1.44. The van der Waals surface area contributed by atoms with E-state index in [-0.39, 0.29) is 34.9 Å². The Morgan fingerprint density at radius 3 is 2.67 bits per heavy atom. The molecule has 0 saturated carbocycles. The molecule has 0 aliphatic carbocycles. The molecule has 2 aromatic carbocycles. The zero-order valence-electron chi connectivity index (χ0n) is 16.4. The van der Waals surface area contributed by atoms with E-state index in [9.17, 15) is 17.6 Å². The zero-order chi connectivity index (χ0) is 21.0. The molecule has 3 aliphatic heterocycles. The van der Waals surface area contributed by atoms with Crippen LogP contribution >= 0.6 is 0 Å². The summed E-state index contributed by atoms with van der Waals surface area (Å²) in [7, 11) is -2.99. The SMILES string of the molecule is Cc1c2c(cc3c1O/C(=C\c1ccc(F)cc1)C3=O)CN([C@@H]1CCS(=O)(=O)C1)CO2. The molecule has 0 aromatic heterocycles. The van der Waals surface area contributed by atoms with Gasteiger partial charge in [0, 0.05) is 23.7 Å². The van der Waals surface area contributed by atoms with Crippen molar-refractivity contribution >= 4 is 21.7 Å². The van der Waals surface area contributed by atoms with Gasteiger partial charge in [0.2, 0.25) is 5.78 Å². The number of rotatable bonds is 2. The lowest BCUT2D eigenvalue weighted by Crippen LogP contribution is -2.41. The second-order valence-corrected chi connectivity index (χ2v) is 10.2. The maximum atomic E-state index is 13.1. The Bertz CT molecular complexity index is 1190. The van der Waals surface area contributed by atoms with Gasteiger partial charge in [-0.2, -0.15) is 0 Å². The third-order valence-electron chi connectivity index (χ3n) is 5.86. The first-order chi connectivity index (χ1) is 14.3. The average Bonchev–Trinajstić information content (AvgIpc) is 3.23. The van der Waals surface area contributed by atoms with Crippen molar-refractivity contribution in [3.8, 4) is 11.5 Å². The van der Waals surface area contributed by atoms with Gasteiger partial charge < -0.3 is 9.47 Å². The Labute approximate surface area is 173 Å². The van der Waals surface area contributed by atoms with Crippen molar-refractivity contribution in [1.82, 2.24) is 4.90 Å². The van der Waals surface area contributed by atoms with E-state index in [4.69, 9.17) is 9.47 Å². The molecule has 0 spiro atoms. The topological polar surface area (TPSA) is 72.9 Å². The van der Waals surface area contributed by atoms with Gasteiger partial charge >= 0.3 is 0 Å². The van der Waals surface area contributed by atoms with Crippen molar-refractivity contribution in [2.75, 3.05) is 18.2 Å². The fourth-order valence-corrected chi connectivity index (χ4v) is 6.04. The van der Waals surface area contributed by atoms with Crippen molar-refractivity contribution in [3.05, 3.63) is 64.2 Å². The molecular formula is C22H20FNO5S. The number of ketones is 1. The van der Waals surface area contributed by atoms with E-state index in [1.807, 2.05) is 11.8 Å². The molecule has 0 unspecified atom stereocenters. The summed E-state index contributed by atoms with van der Waals surface area (Å²) in [5, 5.41) is 0. The van der Waals surface area contributed by atoms with Crippen LogP contribution in [-0.2, 0) is 16.4 Å². The van der Waals surface area contributed by atoms with E-state index in [1.165, 1.54) is 12.1 Å². The van der Waals surface area contributed by atoms with Crippen LogP contribution in [0.25, 0.3) is 6.08 Å². The summed E-state index contributed by atoms with van der Waals surface area (Å²) >= 11 is 0. The molecule has 1 saturated heterocycles. The second kappa shape index (κ2) is 6.92. The molecule has 0 N–H and O–H groups in total. The van der Waals surface area contributed by atoms with Crippen LogP contribution in [0, 0.1) is 12.7 Å². The first kappa shape index (κ1) is 19.3. The van der Waals surface area contributed by atoms with Crippen LogP contribution in [0.3, 0.4) is 0 Å². The zero-order valence-corrected chi connectivity index (χ0v) is 17.2. The number of benzene rings is 2. The quantitative estimate of drug-likeness (QED) is 0.684. The number of Topliss-reactive ketones (excluding diaryl/α,β-unsaturated/α-hetero) is 1. The van der Waals surface area contributed by atoms with Crippen LogP contribution in [-0.4, -0.2) is 43.4 Å². The normalized spacial score (nSPS) is 23.7. The minimum absolute atomic E-state index is 0.0717. The predicted molar refractivity (Wildman–Crippen MR) is 109 cm³/mol. The summed E-state index contributed by atoms with van der Waals surface area (Å²) in [6.07, 6.45) is 2.19. The van der Waals surface area contributed by atoms with E-state index in [2.05, 4.69) is 0 Å². The molecule has 3 aliphatic rings. The van der Waals surface area contributed by atoms with Crippen LogP contribution < -0.4 is 9.47 Å². The minimum Gasteiger partial charge on any atom is -0.477 e. The van der Waals surface area contributed by atoms with Crippen LogP contribution in [0.2, 0.25) is 0 Å². The number of allylic oxidation sites excluding steroid dienone is 1. The molecule has 3 heterocycles. The molecule has 30 heavy (non-hydrogen) atoms. The van der Waals surface area contributed by atoms with Crippen molar-refractivity contribution in [2.45, 2.75) is 25.9 Å². The molecule has 2 aromatic rings. The highest BCUT2D eigenvalue weighted by Gasteiger charge is 2.37. The van der Waals surface area contributed by atoms with Crippen LogP contribution in [0.15, 0.2) is 36.1 Å². The molecule has 0 amide bonds. The summed E-state index contributed by atoms with van der Waals surface area (Å²) in [5.41, 5.74) is 2.72. The number of hydrogen-bond donors (Lipinski definition) is 0. The summed E-state index contributed by atoms with van der Waals surface area (Å²) in [5.74, 6) is 1.10. The van der Waals surface area contributed by atoms with Crippen molar-refractivity contribution in [3.63, 3.8) is 0 Å². The number of sulfone groups is 1. The minimum atomic E-state index is -2.99. The number of fused-ring (bicyclic) bond motifs is 2. The number of nitrogens with zero attached hydrogens (tertiary/aromatic N) is 1. The number of halogens is 1. The van der Waals surface area contributed by atoms with Gasteiger partial charge in [0.05, 0.1) is 17.1 Å². The van der Waals surface area contributed by atoms with Crippen molar-refractivity contribution in [2.24, 2.45) is 0 Å². The highest BCUT2D eigenvalue weighted by atomic mass is 32.2. The smallest absolute Gasteiger partial charge is 0.231 e. The van der Waals surface area contributed by atoms with Gasteiger partial charge in [0.15, 0.2) is 15.6 Å². The molecule has 6 nitrogen and oxygen atoms in total. The Morgan fingerprint density at radius 1 is 1.20 bits per heavy atom. The van der Waals surface area contributed by atoms with Crippen molar-refractivity contribution < 1.29 is 27.1 Å². The fourth-order valence-electron chi connectivity index (χ4n) is 4.27. The van der Waals surface area contributed by atoms with E-state index < -0.39 is 9.84 Å². The largest absolute Gasteiger partial charge is 0.477 e. The standard InChI is InChI=1S/C22H20FNO5S/c1-13-21-15(10-24(12-28-21)17-6-7-30(26,27)11-17)9-18-20(25)19(29-22(13)18)8-14-2-4-16(23)5-3-14/h2-5,8-9,17H,6-7,10-12H2,1H3/b19-8-/t17-/m1/s1. The molecule has 5 rings (SSSR count). The second-order valence-electron chi connectivity index (χ2n) is 7.93. The summed E-state index contributed by atoms with van der Waals surface area (Å²) in [6, 6.07) is 7.52. The first-order valence-electron chi connectivity index (χ1n) is 9.74. The van der Waals surface area contributed by atoms with Crippen LogP contribution in [0.5, 0.6) is 11.5 Å². The molecule has 156 valence electrons. The number of carbonyl (C=O) groups is 1. The fraction of sp³-hybridized carbons (Fsp3) is 0.318. The average molecular weight is 429 g/mol. The third kappa shape index (κ3) is 3.30. The molecule has 8 heteroatoms. The lowest BCUT2D eigenvalue weighted by Gasteiger charge is -2.33. The molecule has 0 bridgehead atoms. The van der Waals surface area contributed by atoms with E-state index in [0.717, 1.165) is 11.1 Å². The summed E-state index contributed by atoms with van der Waals surface area (Å²) < 4.78 is 48.6. The first-order valence-corrected chi connectivity index (χ1v) is 11.6. The van der Waals surface area contributed by atoms with Crippen LogP contribution in [0.4, 0.5) is 4.39 Å². The molecule has 0 radical (unpaired) electrons. The molecule has 1 fully saturated rings. The maximum absolute atomic E-state index is 13.1. The predicted octanol–water partition coefficient (Wildman–Crippen LogP) is 3.09. The van der Waals surface area contributed by atoms with E-state index in [1.54, 1.807) is 24.3 Å². The van der Waals surface area contributed by atoms with E-state index in [0.29, 0.717) is 42.3 Å². The highest BCUT2D eigenvalue weighted by Crippen LogP contribution is 2.43. The van der Waals surface area contributed by atoms with Gasteiger partial charge in [0.25, 0.3) is 0 Å². The highest BCUT2D eigenvalue weighted by molar-refractivity contribution is 7.91. The Kier molecular flexibility index (Phi) is 4.44. The Morgan fingerprint density at radius 2 is 1.97 bits per heavy atom. The van der Waals surface area contributed by atoms with Gasteiger partial charge in [-0.25, -0.2) is 12.8 Å². The van der Waals surface area contributed by atoms with Gasteiger partial charge in [-0.1, -0.05) is 12.1 Å². The van der Waals surface area contributed by atoms with Crippen molar-refractivity contribution in [1.29, 1.82) is 0 Å². The molecular weight excluding hydrogens is 409 g/mol. The lowest BCUT2D eigenvalue weighted by atomic mass is 9.99. The monoisotopic (exact) mass is 429 g/mol. The number of carbonyl (C=O) groups excluding carboxylic acids is 1. The lowest BCUT2D eigenvalue weighted by molar-refractivity contribution is 0.0637. The number of hydrogen-bond acceptors (Lipinski definition) is 6. The van der Waals surface area contributed by atoms with Gasteiger partial charge in [0.1, 0.15) is 24.0 Å². The van der Waals surface area contributed by atoms with Crippen LogP contribution in [0.1, 0.15) is 33.5 Å². The third-order valence-corrected chi connectivity index (χ3v) is 7.61. The number of ether oxygens (including phenoxy) is 2. The Hall–Kier alpha value is -2.71. The van der Waals surface area contributed by atoms with Gasteiger partial charge in [-0.05, 0) is 43.2 Å². The van der Waals surface area contributed by atoms with Gasteiger partial charge in [-0.15, -0.1) is 0 Å². The summed E-state index contributed by atoms with van der Waals surface area (Å²) in [6.45, 7) is 2.68. The maximum Gasteiger partial charge on any atom is 0.231 e. The van der Waals surface area contributed by atoms with E-state index >= 15 is 0 Å².